The van der Waals surface area contributed by atoms with Crippen LogP contribution in [0, 0.1) is 6.92 Å². The Morgan fingerprint density at radius 1 is 0.889 bits per heavy atom. The molecule has 1 aromatic heterocycles. The van der Waals surface area contributed by atoms with Gasteiger partial charge in [0.05, 0.1) is 17.8 Å². The average Bonchev–Trinajstić information content (AvgIpc) is 2.90. The van der Waals surface area contributed by atoms with E-state index in [-0.39, 0.29) is 11.0 Å². The predicted molar refractivity (Wildman–Crippen MR) is 149 cm³/mol. The van der Waals surface area contributed by atoms with E-state index in [1.807, 2.05) is 22.8 Å². The van der Waals surface area contributed by atoms with Gasteiger partial charge in [-0.3, -0.25) is 9.36 Å². The Hall–Kier alpha value is -3.11. The van der Waals surface area contributed by atoms with E-state index < -0.39 is 0 Å². The maximum atomic E-state index is 14.5. The fourth-order valence-electron chi connectivity index (χ4n) is 6.19. The third-order valence-corrected chi connectivity index (χ3v) is 8.96. The molecule has 0 aliphatic heterocycles. The summed E-state index contributed by atoms with van der Waals surface area (Å²) in [6.45, 7) is 2.67. The van der Waals surface area contributed by atoms with Gasteiger partial charge in [0.15, 0.2) is 5.16 Å². The first kappa shape index (κ1) is 23.3. The summed E-state index contributed by atoms with van der Waals surface area (Å²) in [5, 5.41) is 0.812. The second kappa shape index (κ2) is 9.74. The van der Waals surface area contributed by atoms with Crippen LogP contribution in [0.3, 0.4) is 0 Å². The van der Waals surface area contributed by atoms with Crippen molar-refractivity contribution in [2.75, 3.05) is 0 Å². The highest BCUT2D eigenvalue weighted by Gasteiger charge is 2.43. The van der Waals surface area contributed by atoms with Gasteiger partial charge in [0.2, 0.25) is 0 Å². The lowest BCUT2D eigenvalue weighted by Gasteiger charge is -2.42. The summed E-state index contributed by atoms with van der Waals surface area (Å²) in [5.41, 5.74) is 8.09. The number of benzene rings is 3. The minimum absolute atomic E-state index is 0.0931. The summed E-state index contributed by atoms with van der Waals surface area (Å²) in [4.78, 5) is 19.8. The molecule has 1 spiro atoms. The highest BCUT2D eigenvalue weighted by atomic mass is 32.2. The van der Waals surface area contributed by atoms with Crippen LogP contribution in [-0.2, 0) is 24.1 Å². The van der Waals surface area contributed by atoms with Crippen LogP contribution in [0.15, 0.2) is 88.8 Å². The Labute approximate surface area is 217 Å². The molecule has 1 heterocycles. The monoisotopic (exact) mass is 492 g/mol. The molecule has 0 unspecified atom stereocenters. The Bertz CT molecular complexity index is 1450. The molecule has 1 fully saturated rings. The van der Waals surface area contributed by atoms with Gasteiger partial charge in [-0.25, -0.2) is 4.98 Å². The van der Waals surface area contributed by atoms with Gasteiger partial charge in [-0.1, -0.05) is 115 Å². The first-order valence-electron chi connectivity index (χ1n) is 13.1. The molecule has 182 valence electrons. The number of hydrogen-bond acceptors (Lipinski definition) is 3. The average molecular weight is 493 g/mol. The van der Waals surface area contributed by atoms with E-state index in [0.717, 1.165) is 52.6 Å². The molecule has 0 atom stereocenters. The number of fused-ring (bicyclic) bond motifs is 4. The summed E-state index contributed by atoms with van der Waals surface area (Å²) in [6, 6.07) is 27.5. The summed E-state index contributed by atoms with van der Waals surface area (Å²) in [5.74, 6) is 0.786. The lowest BCUT2D eigenvalue weighted by molar-refractivity contribution is 0.282. The van der Waals surface area contributed by atoms with E-state index in [0.29, 0.717) is 6.54 Å². The zero-order chi connectivity index (χ0) is 24.5. The van der Waals surface area contributed by atoms with E-state index in [2.05, 4.69) is 67.6 Å². The standard InChI is InChI=1S/C32H32N2OS/c1-23-11-10-14-25(19-23)22-36-31-33-29-27-16-7-6-15-26(27)20-32(17-8-3-9-18-32)28(29)30(35)34(31)21-24-12-4-2-5-13-24/h2,4-7,10-16,19H,3,8-9,17-18,20-22H2,1H3. The van der Waals surface area contributed by atoms with Crippen LogP contribution in [0.5, 0.6) is 0 Å². The van der Waals surface area contributed by atoms with Crippen LogP contribution in [0.4, 0.5) is 0 Å². The number of thioether (sulfide) groups is 1. The number of hydrogen-bond donors (Lipinski definition) is 0. The van der Waals surface area contributed by atoms with E-state index in [1.54, 1.807) is 11.8 Å². The Balaban J connectivity index is 1.52. The van der Waals surface area contributed by atoms with Crippen LogP contribution in [0.2, 0.25) is 0 Å². The van der Waals surface area contributed by atoms with Crippen LogP contribution in [0.1, 0.15) is 59.9 Å². The molecule has 0 N–H and O–H groups in total. The van der Waals surface area contributed by atoms with Crippen LogP contribution >= 0.6 is 11.8 Å². The maximum absolute atomic E-state index is 14.5. The molecular formula is C32H32N2OS. The molecule has 0 amide bonds. The molecule has 0 radical (unpaired) electrons. The molecule has 36 heavy (non-hydrogen) atoms. The number of rotatable bonds is 5. The Morgan fingerprint density at radius 2 is 1.64 bits per heavy atom. The van der Waals surface area contributed by atoms with E-state index >= 15 is 0 Å². The predicted octanol–water partition coefficient (Wildman–Crippen LogP) is 7.32. The van der Waals surface area contributed by atoms with Gasteiger partial charge in [-0.2, -0.15) is 0 Å². The number of aryl methyl sites for hydroxylation is 1. The van der Waals surface area contributed by atoms with Gasteiger partial charge < -0.3 is 0 Å². The van der Waals surface area contributed by atoms with Gasteiger partial charge in [0, 0.05) is 16.7 Å². The molecular weight excluding hydrogens is 460 g/mol. The number of aromatic nitrogens is 2. The molecule has 4 aromatic rings. The van der Waals surface area contributed by atoms with Crippen molar-refractivity contribution in [3.63, 3.8) is 0 Å². The Morgan fingerprint density at radius 3 is 2.44 bits per heavy atom. The van der Waals surface area contributed by atoms with Crippen LogP contribution in [0.25, 0.3) is 11.3 Å². The third kappa shape index (κ3) is 4.32. The molecule has 1 saturated carbocycles. The van der Waals surface area contributed by atoms with Crippen molar-refractivity contribution < 1.29 is 0 Å². The smallest absolute Gasteiger partial charge is 0.258 e. The van der Waals surface area contributed by atoms with Crippen molar-refractivity contribution in [3.8, 4) is 11.3 Å². The van der Waals surface area contributed by atoms with E-state index in [4.69, 9.17) is 4.98 Å². The molecule has 4 heteroatoms. The first-order valence-corrected chi connectivity index (χ1v) is 14.1. The van der Waals surface area contributed by atoms with Gasteiger partial charge in [-0.05, 0) is 42.9 Å². The van der Waals surface area contributed by atoms with Crippen LogP contribution in [-0.4, -0.2) is 9.55 Å². The summed E-state index contributed by atoms with van der Waals surface area (Å²) in [7, 11) is 0. The molecule has 3 aromatic carbocycles. The van der Waals surface area contributed by atoms with Gasteiger partial charge in [-0.15, -0.1) is 0 Å². The molecule has 2 aliphatic carbocycles. The highest BCUT2D eigenvalue weighted by Crippen LogP contribution is 2.48. The molecule has 6 rings (SSSR count). The first-order chi connectivity index (χ1) is 17.6. The Kier molecular flexibility index (Phi) is 6.30. The molecule has 0 saturated heterocycles. The molecule has 2 aliphatic rings. The molecule has 3 nitrogen and oxygen atoms in total. The largest absolute Gasteiger partial charge is 0.283 e. The minimum Gasteiger partial charge on any atom is -0.283 e. The second-order valence-corrected chi connectivity index (χ2v) is 11.4. The van der Waals surface area contributed by atoms with Gasteiger partial charge >= 0.3 is 0 Å². The van der Waals surface area contributed by atoms with Gasteiger partial charge in [0.25, 0.3) is 5.56 Å². The summed E-state index contributed by atoms with van der Waals surface area (Å²) >= 11 is 1.68. The van der Waals surface area contributed by atoms with Crippen molar-refractivity contribution in [2.45, 2.75) is 68.3 Å². The number of nitrogens with zero attached hydrogens (tertiary/aromatic N) is 2. The lowest BCUT2D eigenvalue weighted by Crippen LogP contribution is -2.43. The quantitative estimate of drug-likeness (QED) is 0.216. The van der Waals surface area contributed by atoms with Crippen molar-refractivity contribution in [1.82, 2.24) is 9.55 Å². The summed E-state index contributed by atoms with van der Waals surface area (Å²) in [6.07, 6.45) is 6.73. The zero-order valence-corrected chi connectivity index (χ0v) is 21.7. The van der Waals surface area contributed by atoms with E-state index in [9.17, 15) is 4.79 Å². The second-order valence-electron chi connectivity index (χ2n) is 10.4. The fourth-order valence-corrected chi connectivity index (χ4v) is 7.12. The van der Waals surface area contributed by atoms with Gasteiger partial charge in [0.1, 0.15) is 0 Å². The zero-order valence-electron chi connectivity index (χ0n) is 20.9. The van der Waals surface area contributed by atoms with Crippen molar-refractivity contribution in [3.05, 3.63) is 117 Å². The minimum atomic E-state index is -0.0931. The van der Waals surface area contributed by atoms with Crippen molar-refractivity contribution >= 4 is 11.8 Å². The van der Waals surface area contributed by atoms with Crippen LogP contribution < -0.4 is 5.56 Å². The fraction of sp³-hybridized carbons (Fsp3) is 0.312. The molecule has 0 bridgehead atoms. The van der Waals surface area contributed by atoms with Crippen molar-refractivity contribution in [1.29, 1.82) is 0 Å². The van der Waals surface area contributed by atoms with E-state index in [1.165, 1.54) is 36.0 Å². The SMILES string of the molecule is Cc1cccc(CSc2nc3c(c(=O)n2Cc2ccccc2)C2(CCCCC2)Cc2ccccc2-3)c1. The normalized spacial score (nSPS) is 15.9. The maximum Gasteiger partial charge on any atom is 0.258 e. The highest BCUT2D eigenvalue weighted by molar-refractivity contribution is 7.98. The third-order valence-electron chi connectivity index (χ3n) is 7.91. The topological polar surface area (TPSA) is 34.9 Å². The van der Waals surface area contributed by atoms with Crippen molar-refractivity contribution in [2.24, 2.45) is 0 Å². The lowest BCUT2D eigenvalue weighted by atomic mass is 9.62. The summed E-state index contributed by atoms with van der Waals surface area (Å²) < 4.78 is 1.96.